The third-order valence-corrected chi connectivity index (χ3v) is 6.83. The maximum atomic E-state index is 13.6. The number of thioether (sulfide) groups is 1. The van der Waals surface area contributed by atoms with Gasteiger partial charge in [0, 0.05) is 5.56 Å². The summed E-state index contributed by atoms with van der Waals surface area (Å²) in [7, 11) is 0. The predicted molar refractivity (Wildman–Crippen MR) is 152 cm³/mol. The second-order valence-corrected chi connectivity index (χ2v) is 9.66. The van der Waals surface area contributed by atoms with E-state index in [2.05, 4.69) is 4.99 Å². The van der Waals surface area contributed by atoms with Gasteiger partial charge in [-0.25, -0.2) is 9.79 Å². The first-order chi connectivity index (χ1) is 18.5. The molecule has 0 bridgehead atoms. The van der Waals surface area contributed by atoms with Crippen LogP contribution in [0.1, 0.15) is 27.0 Å². The number of aliphatic imine (C=N–C) groups is 1. The molecule has 1 aliphatic rings. The number of aryl methyl sites for hydroxylation is 1. The summed E-state index contributed by atoms with van der Waals surface area (Å²) < 4.78 is 6.11. The maximum Gasteiger partial charge on any atom is 0.335 e. The molecule has 1 aliphatic heterocycles. The standard InChI is InChI=1S/C31H24N2O4S/c1-21-14-16-22(17-15-21)20-37-27-13-6-5-8-23(27)19-28-29(34)33(26-11-3-2-4-12-26)31(38-28)32-25-10-7-9-24(18-25)30(35)36/h2-19H,20H2,1H3,(H,35,36)/b28-19-,32-31?. The van der Waals surface area contributed by atoms with Crippen LogP contribution in [0.2, 0.25) is 0 Å². The predicted octanol–water partition coefficient (Wildman–Crippen LogP) is 7.08. The van der Waals surface area contributed by atoms with Crippen LogP contribution in [0.15, 0.2) is 113 Å². The van der Waals surface area contributed by atoms with Crippen molar-refractivity contribution in [1.29, 1.82) is 0 Å². The van der Waals surface area contributed by atoms with E-state index in [0.717, 1.165) is 11.1 Å². The zero-order chi connectivity index (χ0) is 26.5. The van der Waals surface area contributed by atoms with Gasteiger partial charge in [0.1, 0.15) is 12.4 Å². The summed E-state index contributed by atoms with van der Waals surface area (Å²) in [5, 5.41) is 9.80. The smallest absolute Gasteiger partial charge is 0.335 e. The highest BCUT2D eigenvalue weighted by atomic mass is 32.2. The van der Waals surface area contributed by atoms with Crippen molar-refractivity contribution in [2.45, 2.75) is 13.5 Å². The summed E-state index contributed by atoms with van der Waals surface area (Å²) in [5.74, 6) is -0.590. The number of para-hydroxylation sites is 2. The second-order valence-electron chi connectivity index (χ2n) is 8.65. The Labute approximate surface area is 224 Å². The number of amides is 1. The maximum absolute atomic E-state index is 13.6. The molecule has 1 heterocycles. The van der Waals surface area contributed by atoms with E-state index in [1.165, 1.54) is 29.5 Å². The van der Waals surface area contributed by atoms with Crippen LogP contribution in [-0.4, -0.2) is 22.2 Å². The molecule has 4 aromatic carbocycles. The molecule has 6 nitrogen and oxygen atoms in total. The van der Waals surface area contributed by atoms with Crippen LogP contribution in [0, 0.1) is 6.92 Å². The molecule has 0 radical (unpaired) electrons. The number of carboxylic acids is 1. The van der Waals surface area contributed by atoms with Gasteiger partial charge in [-0.2, -0.15) is 0 Å². The highest BCUT2D eigenvalue weighted by molar-refractivity contribution is 8.19. The van der Waals surface area contributed by atoms with E-state index in [4.69, 9.17) is 4.74 Å². The van der Waals surface area contributed by atoms with E-state index >= 15 is 0 Å². The summed E-state index contributed by atoms with van der Waals surface area (Å²) in [5.41, 5.74) is 4.26. The lowest BCUT2D eigenvalue weighted by atomic mass is 10.1. The van der Waals surface area contributed by atoms with Crippen molar-refractivity contribution in [2.75, 3.05) is 4.90 Å². The molecule has 1 fully saturated rings. The molecule has 0 atom stereocenters. The molecule has 38 heavy (non-hydrogen) atoms. The number of amidine groups is 1. The van der Waals surface area contributed by atoms with Gasteiger partial charge in [-0.1, -0.05) is 72.3 Å². The highest BCUT2D eigenvalue weighted by Crippen LogP contribution is 2.38. The molecule has 0 aliphatic carbocycles. The van der Waals surface area contributed by atoms with Crippen molar-refractivity contribution < 1.29 is 19.4 Å². The Hall–Kier alpha value is -4.62. The number of ether oxygens (including phenoxy) is 1. The Bertz CT molecular complexity index is 1550. The fourth-order valence-electron chi connectivity index (χ4n) is 3.89. The van der Waals surface area contributed by atoms with Gasteiger partial charge in [0.05, 0.1) is 21.8 Å². The zero-order valence-electron chi connectivity index (χ0n) is 20.6. The van der Waals surface area contributed by atoms with Gasteiger partial charge in [0.25, 0.3) is 5.91 Å². The van der Waals surface area contributed by atoms with Crippen LogP contribution in [0.25, 0.3) is 6.08 Å². The molecular weight excluding hydrogens is 496 g/mol. The average molecular weight is 521 g/mol. The Morgan fingerprint density at radius 1 is 0.947 bits per heavy atom. The Kier molecular flexibility index (Phi) is 7.38. The van der Waals surface area contributed by atoms with Gasteiger partial charge >= 0.3 is 5.97 Å². The van der Waals surface area contributed by atoms with E-state index in [0.29, 0.717) is 33.8 Å². The zero-order valence-corrected chi connectivity index (χ0v) is 21.4. The van der Waals surface area contributed by atoms with Crippen LogP contribution in [0.3, 0.4) is 0 Å². The summed E-state index contributed by atoms with van der Waals surface area (Å²) in [6, 6.07) is 31.3. The van der Waals surface area contributed by atoms with Gasteiger partial charge in [-0.15, -0.1) is 0 Å². The SMILES string of the molecule is Cc1ccc(COc2ccccc2/C=C2\SC(=Nc3cccc(C(=O)O)c3)N(c3ccccc3)C2=O)cc1. The Morgan fingerprint density at radius 2 is 1.68 bits per heavy atom. The fraction of sp³-hybridized carbons (Fsp3) is 0.0645. The number of aromatic carboxylic acids is 1. The molecule has 0 unspecified atom stereocenters. The molecule has 4 aromatic rings. The van der Waals surface area contributed by atoms with Crippen molar-refractivity contribution in [2.24, 2.45) is 4.99 Å². The van der Waals surface area contributed by atoms with Crippen LogP contribution >= 0.6 is 11.8 Å². The van der Waals surface area contributed by atoms with Crippen LogP contribution in [0.5, 0.6) is 5.75 Å². The summed E-state index contributed by atoms with van der Waals surface area (Å²) in [6.45, 7) is 2.45. The second kappa shape index (κ2) is 11.2. The largest absolute Gasteiger partial charge is 0.488 e. The molecule has 0 aromatic heterocycles. The number of hydrogen-bond acceptors (Lipinski definition) is 5. The first kappa shape index (κ1) is 25.0. The van der Waals surface area contributed by atoms with E-state index in [9.17, 15) is 14.7 Å². The number of rotatable bonds is 7. The van der Waals surface area contributed by atoms with Crippen molar-refractivity contribution in [3.05, 3.63) is 130 Å². The molecule has 7 heteroatoms. The Morgan fingerprint density at radius 3 is 2.45 bits per heavy atom. The lowest BCUT2D eigenvalue weighted by molar-refractivity contribution is -0.113. The van der Waals surface area contributed by atoms with Crippen molar-refractivity contribution in [1.82, 2.24) is 0 Å². The van der Waals surface area contributed by atoms with Crippen LogP contribution < -0.4 is 9.64 Å². The van der Waals surface area contributed by atoms with E-state index < -0.39 is 5.97 Å². The van der Waals surface area contributed by atoms with Gasteiger partial charge < -0.3 is 9.84 Å². The Balaban J connectivity index is 1.48. The molecular formula is C31H24N2O4S. The summed E-state index contributed by atoms with van der Waals surface area (Å²) in [4.78, 5) is 31.7. The quantitative estimate of drug-likeness (QED) is 0.263. The van der Waals surface area contributed by atoms with E-state index in [-0.39, 0.29) is 11.5 Å². The third kappa shape index (κ3) is 5.68. The number of carbonyl (C=O) groups excluding carboxylic acids is 1. The fourth-order valence-corrected chi connectivity index (χ4v) is 4.88. The van der Waals surface area contributed by atoms with Crippen molar-refractivity contribution in [3.8, 4) is 5.75 Å². The number of carboxylic acid groups (broad SMARTS) is 1. The van der Waals surface area contributed by atoms with Crippen LogP contribution in [-0.2, 0) is 11.4 Å². The number of benzene rings is 4. The minimum atomic E-state index is -1.04. The van der Waals surface area contributed by atoms with Gasteiger partial charge in [0.15, 0.2) is 5.17 Å². The summed E-state index contributed by atoms with van der Waals surface area (Å²) in [6.07, 6.45) is 1.81. The molecule has 0 saturated carbocycles. The van der Waals surface area contributed by atoms with Crippen LogP contribution in [0.4, 0.5) is 11.4 Å². The molecule has 1 N–H and O–H groups in total. The first-order valence-electron chi connectivity index (χ1n) is 12.0. The lowest BCUT2D eigenvalue weighted by Crippen LogP contribution is -2.28. The average Bonchev–Trinajstić information content (AvgIpc) is 3.23. The molecule has 1 saturated heterocycles. The monoisotopic (exact) mass is 520 g/mol. The molecule has 1 amide bonds. The number of carbonyl (C=O) groups is 2. The number of nitrogens with zero attached hydrogens (tertiary/aromatic N) is 2. The van der Waals surface area contributed by atoms with Gasteiger partial charge in [-0.05, 0) is 66.7 Å². The van der Waals surface area contributed by atoms with E-state index in [1.54, 1.807) is 17.0 Å². The van der Waals surface area contributed by atoms with Gasteiger partial charge in [0.2, 0.25) is 0 Å². The number of anilines is 1. The van der Waals surface area contributed by atoms with Gasteiger partial charge in [-0.3, -0.25) is 9.69 Å². The summed E-state index contributed by atoms with van der Waals surface area (Å²) >= 11 is 1.23. The molecule has 0 spiro atoms. The van der Waals surface area contributed by atoms with Crippen molar-refractivity contribution >= 4 is 46.3 Å². The minimum absolute atomic E-state index is 0.128. The normalized spacial score (nSPS) is 15.3. The van der Waals surface area contributed by atoms with Crippen molar-refractivity contribution in [3.63, 3.8) is 0 Å². The first-order valence-corrected chi connectivity index (χ1v) is 12.8. The number of hydrogen-bond donors (Lipinski definition) is 1. The molecule has 188 valence electrons. The lowest BCUT2D eigenvalue weighted by Gasteiger charge is -2.15. The minimum Gasteiger partial charge on any atom is -0.488 e. The van der Waals surface area contributed by atoms with E-state index in [1.807, 2.05) is 91.9 Å². The topological polar surface area (TPSA) is 79.2 Å². The third-order valence-electron chi connectivity index (χ3n) is 5.86. The highest BCUT2D eigenvalue weighted by Gasteiger charge is 2.35. The molecule has 5 rings (SSSR count).